The molecule has 0 saturated carbocycles. The fourth-order valence-corrected chi connectivity index (χ4v) is 5.93. The van der Waals surface area contributed by atoms with E-state index in [1.165, 1.54) is 32.3 Å². The lowest BCUT2D eigenvalue weighted by molar-refractivity contribution is 1.18. The molecule has 0 saturated heterocycles. The molecule has 42 heavy (non-hydrogen) atoms. The first kappa shape index (κ1) is 24.2. The van der Waals surface area contributed by atoms with Gasteiger partial charge in [0.15, 0.2) is 5.82 Å². The molecule has 3 heteroatoms. The molecule has 0 unspecified atom stereocenters. The predicted octanol–water partition coefficient (Wildman–Crippen LogP) is 10.00. The number of pyridine rings is 1. The first-order valence-corrected chi connectivity index (χ1v) is 14.1. The molecule has 0 N–H and O–H groups in total. The first-order chi connectivity index (χ1) is 20.8. The third kappa shape index (κ3) is 4.20. The van der Waals surface area contributed by atoms with Gasteiger partial charge in [-0.15, -0.1) is 0 Å². The summed E-state index contributed by atoms with van der Waals surface area (Å²) in [5.41, 5.74) is 7.13. The van der Waals surface area contributed by atoms with Gasteiger partial charge in [-0.2, -0.15) is 0 Å². The molecule has 196 valence electrons. The van der Waals surface area contributed by atoms with Crippen molar-refractivity contribution in [1.29, 1.82) is 0 Å². The van der Waals surface area contributed by atoms with E-state index in [0.29, 0.717) is 5.82 Å². The minimum atomic E-state index is 0.708. The van der Waals surface area contributed by atoms with Crippen LogP contribution in [0.25, 0.3) is 77.3 Å². The molecule has 0 aliphatic rings. The van der Waals surface area contributed by atoms with E-state index >= 15 is 0 Å². The molecular formula is C39H25N3. The number of aromatic nitrogens is 3. The zero-order valence-corrected chi connectivity index (χ0v) is 22.8. The standard InChI is InChI=1S/C39H25N3/c1-2-9-27(10-3-1)37-25-38(29-12-8-11-28(23-29)26-19-21-40-22-20-26)42-39(41-37)30-17-18-35-33-15-5-4-13-31(33)32-14-6-7-16-34(32)36(35)24-30/h1-25H. The number of hydrogen-bond donors (Lipinski definition) is 0. The van der Waals surface area contributed by atoms with E-state index in [1.54, 1.807) is 0 Å². The first-order valence-electron chi connectivity index (χ1n) is 14.1. The zero-order valence-electron chi connectivity index (χ0n) is 22.8. The maximum Gasteiger partial charge on any atom is 0.160 e. The van der Waals surface area contributed by atoms with Gasteiger partial charge in [0.2, 0.25) is 0 Å². The molecule has 8 rings (SSSR count). The summed E-state index contributed by atoms with van der Waals surface area (Å²) in [7, 11) is 0. The van der Waals surface area contributed by atoms with E-state index in [-0.39, 0.29) is 0 Å². The van der Waals surface area contributed by atoms with Crippen LogP contribution in [0.3, 0.4) is 0 Å². The molecule has 0 atom stereocenters. The Balaban J connectivity index is 1.35. The van der Waals surface area contributed by atoms with Crippen molar-refractivity contribution in [2.75, 3.05) is 0 Å². The Bertz CT molecular complexity index is 2200. The van der Waals surface area contributed by atoms with Crippen LogP contribution in [0.5, 0.6) is 0 Å². The summed E-state index contributed by atoms with van der Waals surface area (Å²) >= 11 is 0. The van der Waals surface area contributed by atoms with Crippen molar-refractivity contribution in [3.8, 4) is 45.0 Å². The van der Waals surface area contributed by atoms with Gasteiger partial charge in [-0.05, 0) is 73.8 Å². The third-order valence-electron chi connectivity index (χ3n) is 7.97. The summed E-state index contributed by atoms with van der Waals surface area (Å²) in [6, 6.07) is 48.9. The van der Waals surface area contributed by atoms with Gasteiger partial charge >= 0.3 is 0 Å². The van der Waals surface area contributed by atoms with Crippen LogP contribution in [-0.2, 0) is 0 Å². The molecule has 0 aliphatic heterocycles. The minimum Gasteiger partial charge on any atom is -0.265 e. The maximum absolute atomic E-state index is 5.16. The average molecular weight is 536 g/mol. The summed E-state index contributed by atoms with van der Waals surface area (Å²) in [4.78, 5) is 14.4. The smallest absolute Gasteiger partial charge is 0.160 e. The zero-order chi connectivity index (χ0) is 27.9. The van der Waals surface area contributed by atoms with Crippen LogP contribution in [0, 0.1) is 0 Å². The minimum absolute atomic E-state index is 0.708. The summed E-state index contributed by atoms with van der Waals surface area (Å²) < 4.78 is 0. The molecule has 8 aromatic rings. The fraction of sp³-hybridized carbons (Fsp3) is 0. The Labute approximate surface area is 243 Å². The molecule has 0 fully saturated rings. The van der Waals surface area contributed by atoms with Crippen LogP contribution in [0.4, 0.5) is 0 Å². The monoisotopic (exact) mass is 535 g/mol. The SMILES string of the molecule is c1ccc(-c2cc(-c3cccc(-c4ccncc4)c3)nc(-c3ccc4c5ccccc5c5ccccc5c4c3)n2)cc1. The molecule has 0 amide bonds. The van der Waals surface area contributed by atoms with Gasteiger partial charge in [0.05, 0.1) is 11.4 Å². The highest BCUT2D eigenvalue weighted by atomic mass is 14.9. The number of fused-ring (bicyclic) bond motifs is 6. The highest BCUT2D eigenvalue weighted by Crippen LogP contribution is 2.37. The molecule has 0 radical (unpaired) electrons. The molecule has 3 nitrogen and oxygen atoms in total. The third-order valence-corrected chi connectivity index (χ3v) is 7.97. The van der Waals surface area contributed by atoms with E-state index in [9.17, 15) is 0 Å². The number of nitrogens with zero attached hydrogens (tertiary/aromatic N) is 3. The number of rotatable bonds is 4. The van der Waals surface area contributed by atoms with Crippen LogP contribution >= 0.6 is 0 Å². The van der Waals surface area contributed by atoms with Crippen molar-refractivity contribution in [2.45, 2.75) is 0 Å². The van der Waals surface area contributed by atoms with Gasteiger partial charge in [0.25, 0.3) is 0 Å². The molecule has 2 heterocycles. The van der Waals surface area contributed by atoms with Crippen molar-refractivity contribution in [1.82, 2.24) is 15.0 Å². The Kier molecular flexibility index (Phi) is 5.79. The highest BCUT2D eigenvalue weighted by Gasteiger charge is 2.14. The van der Waals surface area contributed by atoms with Crippen molar-refractivity contribution in [2.24, 2.45) is 0 Å². The molecular weight excluding hydrogens is 510 g/mol. The van der Waals surface area contributed by atoms with Gasteiger partial charge in [-0.3, -0.25) is 4.98 Å². The van der Waals surface area contributed by atoms with Gasteiger partial charge in [-0.25, -0.2) is 9.97 Å². The van der Waals surface area contributed by atoms with E-state index in [4.69, 9.17) is 9.97 Å². The normalized spacial score (nSPS) is 11.3. The van der Waals surface area contributed by atoms with Crippen molar-refractivity contribution in [3.05, 3.63) is 152 Å². The highest BCUT2D eigenvalue weighted by molar-refractivity contribution is 6.25. The van der Waals surface area contributed by atoms with Gasteiger partial charge < -0.3 is 0 Å². The molecule has 0 aliphatic carbocycles. The fourth-order valence-electron chi connectivity index (χ4n) is 5.93. The van der Waals surface area contributed by atoms with Crippen molar-refractivity contribution < 1.29 is 0 Å². The summed E-state index contributed by atoms with van der Waals surface area (Å²) in [5.74, 6) is 0.708. The lowest BCUT2D eigenvalue weighted by Gasteiger charge is -2.13. The van der Waals surface area contributed by atoms with Crippen LogP contribution < -0.4 is 0 Å². The summed E-state index contributed by atoms with van der Waals surface area (Å²) in [5, 5.41) is 7.45. The number of benzene rings is 6. The second-order valence-electron chi connectivity index (χ2n) is 10.5. The van der Waals surface area contributed by atoms with Crippen molar-refractivity contribution >= 4 is 32.3 Å². The van der Waals surface area contributed by atoms with Crippen molar-refractivity contribution in [3.63, 3.8) is 0 Å². The Hall–Kier alpha value is -5.67. The number of hydrogen-bond acceptors (Lipinski definition) is 3. The molecule has 0 spiro atoms. The largest absolute Gasteiger partial charge is 0.265 e. The topological polar surface area (TPSA) is 38.7 Å². The van der Waals surface area contributed by atoms with E-state index in [0.717, 1.165) is 39.2 Å². The van der Waals surface area contributed by atoms with Gasteiger partial charge in [0.1, 0.15) is 0 Å². The van der Waals surface area contributed by atoms with Gasteiger partial charge in [-0.1, -0.05) is 109 Å². The lowest BCUT2D eigenvalue weighted by Crippen LogP contribution is -1.96. The van der Waals surface area contributed by atoms with E-state index < -0.39 is 0 Å². The average Bonchev–Trinajstić information content (AvgIpc) is 3.09. The second-order valence-corrected chi connectivity index (χ2v) is 10.5. The summed E-state index contributed by atoms with van der Waals surface area (Å²) in [6.07, 6.45) is 3.65. The molecule has 0 bridgehead atoms. The van der Waals surface area contributed by atoms with Crippen LogP contribution in [0.2, 0.25) is 0 Å². The van der Waals surface area contributed by atoms with Gasteiger partial charge in [0, 0.05) is 29.1 Å². The lowest BCUT2D eigenvalue weighted by atomic mass is 9.93. The quantitative estimate of drug-likeness (QED) is 0.211. The van der Waals surface area contributed by atoms with E-state index in [2.05, 4.69) is 114 Å². The Morgan fingerprint density at radius 1 is 0.310 bits per heavy atom. The second kappa shape index (κ2) is 10.1. The van der Waals surface area contributed by atoms with E-state index in [1.807, 2.05) is 42.7 Å². The van der Waals surface area contributed by atoms with Crippen LogP contribution in [0.1, 0.15) is 0 Å². The Morgan fingerprint density at radius 2 is 0.857 bits per heavy atom. The van der Waals surface area contributed by atoms with Crippen LogP contribution in [0.15, 0.2) is 152 Å². The summed E-state index contributed by atoms with van der Waals surface area (Å²) in [6.45, 7) is 0. The Morgan fingerprint density at radius 3 is 1.55 bits per heavy atom. The molecule has 6 aromatic carbocycles. The predicted molar refractivity (Wildman–Crippen MR) is 174 cm³/mol. The maximum atomic E-state index is 5.16. The molecule has 2 aromatic heterocycles. The van der Waals surface area contributed by atoms with Crippen LogP contribution in [-0.4, -0.2) is 15.0 Å².